The highest BCUT2D eigenvalue weighted by Gasteiger charge is 2.20. The number of nitrogens with zero attached hydrogens (tertiary/aromatic N) is 3. The molecular formula is C23H23FN4O4. The molecule has 0 bridgehead atoms. The Morgan fingerprint density at radius 2 is 1.81 bits per heavy atom. The third kappa shape index (κ3) is 4.52. The second-order valence-corrected chi connectivity index (χ2v) is 7.74. The van der Waals surface area contributed by atoms with Crippen LogP contribution in [0.4, 0.5) is 10.1 Å². The smallest absolute Gasteiger partial charge is 0.273 e. The van der Waals surface area contributed by atoms with Crippen LogP contribution in [0.15, 0.2) is 53.1 Å². The van der Waals surface area contributed by atoms with E-state index in [-0.39, 0.29) is 24.2 Å². The number of carbonyl (C=O) groups is 1. The minimum atomic E-state index is -0.293. The van der Waals surface area contributed by atoms with Crippen LogP contribution in [-0.2, 0) is 13.1 Å². The normalized spacial score (nSPS) is 15.7. The van der Waals surface area contributed by atoms with E-state index in [9.17, 15) is 9.18 Å². The Bertz CT molecular complexity index is 1090. The van der Waals surface area contributed by atoms with Gasteiger partial charge in [-0.15, -0.1) is 0 Å². The molecule has 1 aromatic heterocycles. The Morgan fingerprint density at radius 1 is 1.03 bits per heavy atom. The zero-order valence-electron chi connectivity index (χ0n) is 17.4. The molecule has 1 N–H and O–H groups in total. The number of hydrogen-bond donors (Lipinski definition) is 1. The molecule has 9 heteroatoms. The van der Waals surface area contributed by atoms with Gasteiger partial charge in [0.25, 0.3) is 5.91 Å². The van der Waals surface area contributed by atoms with Crippen molar-refractivity contribution in [2.75, 3.05) is 37.9 Å². The highest BCUT2D eigenvalue weighted by molar-refractivity contribution is 5.91. The van der Waals surface area contributed by atoms with Crippen molar-refractivity contribution in [2.45, 2.75) is 13.1 Å². The average molecular weight is 438 g/mol. The number of nitrogens with one attached hydrogen (secondary N) is 1. The van der Waals surface area contributed by atoms with Crippen LogP contribution >= 0.6 is 0 Å². The summed E-state index contributed by atoms with van der Waals surface area (Å²) in [5, 5.41) is 2.85. The first-order valence-electron chi connectivity index (χ1n) is 10.5. The summed E-state index contributed by atoms with van der Waals surface area (Å²) in [5.74, 6) is 1.37. The van der Waals surface area contributed by atoms with Crippen LogP contribution < -0.4 is 19.7 Å². The first kappa shape index (κ1) is 20.3. The molecule has 0 saturated carbocycles. The summed E-state index contributed by atoms with van der Waals surface area (Å²) in [6.07, 6.45) is 1.39. The molecule has 0 aliphatic carbocycles. The van der Waals surface area contributed by atoms with E-state index in [1.54, 1.807) is 12.1 Å². The summed E-state index contributed by atoms with van der Waals surface area (Å²) in [7, 11) is 0. The average Bonchev–Trinajstić information content (AvgIpc) is 3.48. The van der Waals surface area contributed by atoms with Gasteiger partial charge in [0.05, 0.1) is 6.54 Å². The monoisotopic (exact) mass is 438 g/mol. The maximum absolute atomic E-state index is 13.1. The Balaban J connectivity index is 1.11. The molecule has 166 valence electrons. The van der Waals surface area contributed by atoms with Crippen molar-refractivity contribution in [1.82, 2.24) is 15.2 Å². The molecule has 1 saturated heterocycles. The highest BCUT2D eigenvalue weighted by Crippen LogP contribution is 2.32. The molecule has 2 aliphatic rings. The Labute approximate surface area is 184 Å². The molecule has 1 amide bonds. The topological polar surface area (TPSA) is 80.1 Å². The minimum Gasteiger partial charge on any atom is -0.454 e. The first-order valence-corrected chi connectivity index (χ1v) is 10.5. The van der Waals surface area contributed by atoms with Gasteiger partial charge < -0.3 is 24.1 Å². The summed E-state index contributed by atoms with van der Waals surface area (Å²) in [6, 6.07) is 12.1. The highest BCUT2D eigenvalue weighted by atomic mass is 19.1. The van der Waals surface area contributed by atoms with Crippen LogP contribution in [0.2, 0.25) is 0 Å². The molecule has 5 rings (SSSR count). The molecule has 3 heterocycles. The van der Waals surface area contributed by atoms with Gasteiger partial charge in [0.2, 0.25) is 12.7 Å². The SMILES string of the molecule is O=C(NCc1ccc2c(c1)OCO2)c1coc(CN2CCN(c3ccc(F)cc3)CC2)n1. The van der Waals surface area contributed by atoms with Crippen LogP contribution in [0.3, 0.4) is 0 Å². The van der Waals surface area contributed by atoms with Crippen LogP contribution in [0.25, 0.3) is 0 Å². The number of aromatic nitrogens is 1. The molecule has 0 unspecified atom stereocenters. The summed E-state index contributed by atoms with van der Waals surface area (Å²) in [4.78, 5) is 21.2. The number of hydrogen-bond acceptors (Lipinski definition) is 7. The Morgan fingerprint density at radius 3 is 2.62 bits per heavy atom. The molecule has 32 heavy (non-hydrogen) atoms. The van der Waals surface area contributed by atoms with Gasteiger partial charge in [-0.25, -0.2) is 9.37 Å². The fraction of sp³-hybridized carbons (Fsp3) is 0.304. The fourth-order valence-corrected chi connectivity index (χ4v) is 3.82. The third-order valence-corrected chi connectivity index (χ3v) is 5.60. The maximum Gasteiger partial charge on any atom is 0.273 e. The minimum absolute atomic E-state index is 0.216. The van der Waals surface area contributed by atoms with Crippen molar-refractivity contribution < 1.29 is 23.1 Å². The Kier molecular flexibility index (Phi) is 5.64. The number of carbonyl (C=O) groups excluding carboxylic acids is 1. The van der Waals surface area contributed by atoms with Gasteiger partial charge in [-0.3, -0.25) is 9.69 Å². The van der Waals surface area contributed by atoms with Crippen molar-refractivity contribution in [1.29, 1.82) is 0 Å². The number of piperazine rings is 1. The third-order valence-electron chi connectivity index (χ3n) is 5.60. The largest absolute Gasteiger partial charge is 0.454 e. The molecule has 2 aromatic carbocycles. The number of amides is 1. The molecule has 0 radical (unpaired) electrons. The summed E-state index contributed by atoms with van der Waals surface area (Å²) in [6.45, 7) is 4.41. The van der Waals surface area contributed by atoms with E-state index in [4.69, 9.17) is 13.9 Å². The number of ether oxygens (including phenoxy) is 2. The maximum atomic E-state index is 13.1. The molecule has 0 spiro atoms. The standard InChI is InChI=1S/C23H23FN4O4/c24-17-2-4-18(5-3-17)28-9-7-27(8-10-28)13-22-26-19(14-30-22)23(29)25-12-16-1-6-20-21(11-16)32-15-31-20/h1-6,11,14H,7-10,12-13,15H2,(H,25,29). The number of benzene rings is 2. The van der Waals surface area contributed by atoms with Crippen molar-refractivity contribution in [3.05, 3.63) is 71.7 Å². The lowest BCUT2D eigenvalue weighted by molar-refractivity contribution is 0.0945. The van der Waals surface area contributed by atoms with E-state index < -0.39 is 0 Å². The molecule has 2 aliphatic heterocycles. The van der Waals surface area contributed by atoms with Gasteiger partial charge in [-0.2, -0.15) is 0 Å². The van der Waals surface area contributed by atoms with Crippen LogP contribution in [0, 0.1) is 5.82 Å². The second-order valence-electron chi connectivity index (χ2n) is 7.74. The lowest BCUT2D eigenvalue weighted by Crippen LogP contribution is -2.46. The van der Waals surface area contributed by atoms with E-state index in [1.165, 1.54) is 18.4 Å². The van der Waals surface area contributed by atoms with Gasteiger partial charge in [0, 0.05) is 38.4 Å². The summed E-state index contributed by atoms with van der Waals surface area (Å²) in [5.41, 5.74) is 2.18. The molecule has 0 atom stereocenters. The first-order chi connectivity index (χ1) is 15.6. The van der Waals surface area contributed by atoms with E-state index in [2.05, 4.69) is 20.1 Å². The van der Waals surface area contributed by atoms with Gasteiger partial charge in [-0.1, -0.05) is 6.07 Å². The lowest BCUT2D eigenvalue weighted by atomic mass is 10.2. The van der Waals surface area contributed by atoms with Gasteiger partial charge in [0.1, 0.15) is 12.1 Å². The van der Waals surface area contributed by atoms with Crippen molar-refractivity contribution in [3.63, 3.8) is 0 Å². The molecule has 3 aromatic rings. The predicted molar refractivity (Wildman–Crippen MR) is 114 cm³/mol. The molecule has 1 fully saturated rings. The fourth-order valence-electron chi connectivity index (χ4n) is 3.82. The quantitative estimate of drug-likeness (QED) is 0.634. The van der Waals surface area contributed by atoms with Gasteiger partial charge in [0.15, 0.2) is 17.2 Å². The summed E-state index contributed by atoms with van der Waals surface area (Å²) < 4.78 is 29.3. The zero-order chi connectivity index (χ0) is 21.9. The van der Waals surface area contributed by atoms with Crippen molar-refractivity contribution >= 4 is 11.6 Å². The molecule has 8 nitrogen and oxygen atoms in total. The van der Waals surface area contributed by atoms with Crippen molar-refractivity contribution in [2.24, 2.45) is 0 Å². The molecular weight excluding hydrogens is 415 g/mol. The van der Waals surface area contributed by atoms with E-state index in [0.717, 1.165) is 37.4 Å². The van der Waals surface area contributed by atoms with Crippen molar-refractivity contribution in [3.8, 4) is 11.5 Å². The number of fused-ring (bicyclic) bond motifs is 1. The van der Waals surface area contributed by atoms with Gasteiger partial charge in [-0.05, 0) is 42.0 Å². The predicted octanol–water partition coefficient (Wildman–Crippen LogP) is 2.79. The zero-order valence-corrected chi connectivity index (χ0v) is 17.4. The number of rotatable bonds is 6. The van der Waals surface area contributed by atoms with Crippen LogP contribution in [0.5, 0.6) is 11.5 Å². The summed E-state index contributed by atoms with van der Waals surface area (Å²) >= 11 is 0. The van der Waals surface area contributed by atoms with E-state index >= 15 is 0 Å². The van der Waals surface area contributed by atoms with Gasteiger partial charge >= 0.3 is 0 Å². The number of anilines is 1. The number of oxazole rings is 1. The lowest BCUT2D eigenvalue weighted by Gasteiger charge is -2.35. The van der Waals surface area contributed by atoms with E-state index in [1.807, 2.05) is 18.2 Å². The Hall–Kier alpha value is -3.59. The second kappa shape index (κ2) is 8.88. The number of halogens is 1. The van der Waals surface area contributed by atoms with E-state index in [0.29, 0.717) is 30.5 Å². The van der Waals surface area contributed by atoms with Crippen LogP contribution in [0.1, 0.15) is 21.9 Å². The van der Waals surface area contributed by atoms with Crippen LogP contribution in [-0.4, -0.2) is 48.8 Å².